The Morgan fingerprint density at radius 2 is 2.00 bits per heavy atom. The third kappa shape index (κ3) is 4.44. The van der Waals surface area contributed by atoms with Gasteiger partial charge < -0.3 is 16.0 Å². The van der Waals surface area contributed by atoms with Gasteiger partial charge >= 0.3 is 0 Å². The van der Waals surface area contributed by atoms with Crippen molar-refractivity contribution in [3.63, 3.8) is 0 Å². The van der Waals surface area contributed by atoms with Crippen molar-refractivity contribution in [2.24, 2.45) is 5.73 Å². The van der Waals surface area contributed by atoms with Crippen LogP contribution >= 0.6 is 15.9 Å². The molecule has 1 saturated carbocycles. The molecule has 3 N–H and O–H groups in total. The van der Waals surface area contributed by atoms with E-state index in [1.165, 1.54) is 23.1 Å². The van der Waals surface area contributed by atoms with Gasteiger partial charge in [0, 0.05) is 18.5 Å². The zero-order chi connectivity index (χ0) is 22.6. The second-order valence-electron chi connectivity index (χ2n) is 7.92. The maximum Gasteiger partial charge on any atom is 0.270 e. The van der Waals surface area contributed by atoms with E-state index in [1.54, 1.807) is 0 Å². The molecule has 7 nitrogen and oxygen atoms in total. The molecule has 0 bridgehead atoms. The molecule has 1 aromatic carbocycles. The summed E-state index contributed by atoms with van der Waals surface area (Å²) in [5.74, 6) is -4.83. The predicted molar refractivity (Wildman–Crippen MR) is 114 cm³/mol. The highest BCUT2D eigenvalue weighted by atomic mass is 79.9. The van der Waals surface area contributed by atoms with Crippen molar-refractivity contribution < 1.29 is 26.8 Å². The summed E-state index contributed by atoms with van der Waals surface area (Å²) >= 11 is 3.41. The van der Waals surface area contributed by atoms with Gasteiger partial charge in [0.05, 0.1) is 28.4 Å². The Morgan fingerprint density at radius 1 is 1.29 bits per heavy atom. The number of hydrogen-bond acceptors (Lipinski definition) is 5. The first-order chi connectivity index (χ1) is 14.5. The number of halogens is 3. The van der Waals surface area contributed by atoms with Gasteiger partial charge in [-0.3, -0.25) is 9.59 Å². The lowest BCUT2D eigenvalue weighted by molar-refractivity contribution is -0.119. The van der Waals surface area contributed by atoms with E-state index in [0.717, 1.165) is 16.5 Å². The number of nitrogens with one attached hydrogen (secondary N) is 1. The molecule has 0 radical (unpaired) electrons. The second kappa shape index (κ2) is 7.79. The standard InChI is InChI=1S/C20H20BrF2N3O4S/c21-13-4-1-11(2-5-13)9-26-15-7-12(18(27)25-17-8-20(17,22)23)3-6-16(15)31(29,30)10-14(24)19(26)28/h1,3-4,6-7,14,17H,2,5,8-10,24H2,(H,25,27)/t14-,17?/m0/s1. The highest BCUT2D eigenvalue weighted by Gasteiger charge is 2.57. The first-order valence-corrected chi connectivity index (χ1v) is 12.1. The summed E-state index contributed by atoms with van der Waals surface area (Å²) in [6, 6.07) is 1.24. The first kappa shape index (κ1) is 22.1. The molecule has 11 heteroatoms. The van der Waals surface area contributed by atoms with Crippen LogP contribution in [0.4, 0.5) is 14.5 Å². The minimum absolute atomic E-state index is 0.00909. The lowest BCUT2D eigenvalue weighted by Crippen LogP contribution is -2.46. The number of nitrogens with zero attached hydrogens (tertiary/aromatic N) is 1. The molecule has 3 aliphatic rings. The molecule has 0 saturated heterocycles. The van der Waals surface area contributed by atoms with E-state index >= 15 is 0 Å². The molecule has 166 valence electrons. The van der Waals surface area contributed by atoms with Crippen molar-refractivity contribution in [3.05, 3.63) is 46.0 Å². The van der Waals surface area contributed by atoms with Crippen LogP contribution in [0, 0.1) is 0 Å². The van der Waals surface area contributed by atoms with E-state index in [0.29, 0.717) is 6.42 Å². The van der Waals surface area contributed by atoms with E-state index in [4.69, 9.17) is 5.73 Å². The Balaban J connectivity index is 1.73. The quantitative estimate of drug-likeness (QED) is 0.639. The van der Waals surface area contributed by atoms with Crippen LogP contribution in [0.25, 0.3) is 0 Å². The lowest BCUT2D eigenvalue weighted by Gasteiger charge is -2.26. The molecule has 0 spiro atoms. The van der Waals surface area contributed by atoms with Gasteiger partial charge in [-0.1, -0.05) is 33.7 Å². The average Bonchev–Trinajstić information content (AvgIpc) is 3.32. The van der Waals surface area contributed by atoms with Gasteiger partial charge in [0.15, 0.2) is 9.84 Å². The molecule has 4 rings (SSSR count). The van der Waals surface area contributed by atoms with Crippen LogP contribution in [-0.4, -0.2) is 50.5 Å². The lowest BCUT2D eigenvalue weighted by atomic mass is 10.0. The summed E-state index contributed by atoms with van der Waals surface area (Å²) < 4.78 is 52.9. The zero-order valence-electron chi connectivity index (χ0n) is 16.3. The van der Waals surface area contributed by atoms with Crippen molar-refractivity contribution in [2.75, 3.05) is 17.2 Å². The van der Waals surface area contributed by atoms with Crippen LogP contribution < -0.4 is 16.0 Å². The molecule has 1 aromatic rings. The molecule has 2 aliphatic carbocycles. The largest absolute Gasteiger partial charge is 0.343 e. The fraction of sp³-hybridized carbons (Fsp3) is 0.400. The number of nitrogens with two attached hydrogens (primary N) is 1. The van der Waals surface area contributed by atoms with Crippen molar-refractivity contribution in [1.82, 2.24) is 5.32 Å². The number of rotatable bonds is 4. The Bertz CT molecular complexity index is 1130. The molecule has 31 heavy (non-hydrogen) atoms. The van der Waals surface area contributed by atoms with Gasteiger partial charge in [0.1, 0.15) is 0 Å². The van der Waals surface area contributed by atoms with Gasteiger partial charge in [-0.25, -0.2) is 17.2 Å². The first-order valence-electron chi connectivity index (χ1n) is 9.64. The van der Waals surface area contributed by atoms with Crippen LogP contribution in [0.2, 0.25) is 0 Å². The van der Waals surface area contributed by atoms with Gasteiger partial charge in [-0.05, 0) is 35.5 Å². The maximum absolute atomic E-state index is 13.2. The van der Waals surface area contributed by atoms with Crippen LogP contribution in [0.15, 0.2) is 45.3 Å². The number of benzene rings is 1. The van der Waals surface area contributed by atoms with E-state index in [-0.39, 0.29) is 22.7 Å². The summed E-state index contributed by atoms with van der Waals surface area (Å²) in [7, 11) is -3.89. The Kier molecular flexibility index (Phi) is 5.55. The van der Waals surface area contributed by atoms with E-state index in [1.807, 2.05) is 12.2 Å². The number of carbonyl (C=O) groups is 2. The number of alkyl halides is 2. The Hall–Kier alpha value is -2.11. The summed E-state index contributed by atoms with van der Waals surface area (Å²) in [5.41, 5.74) is 6.79. The highest BCUT2D eigenvalue weighted by molar-refractivity contribution is 9.11. The normalized spacial score (nSPS) is 26.3. The maximum atomic E-state index is 13.2. The average molecular weight is 516 g/mol. The number of anilines is 1. The molecule has 0 aromatic heterocycles. The molecular formula is C20H20BrF2N3O4S. The van der Waals surface area contributed by atoms with Crippen LogP contribution in [-0.2, 0) is 14.6 Å². The monoisotopic (exact) mass is 515 g/mol. The van der Waals surface area contributed by atoms with Crippen LogP contribution in [0.5, 0.6) is 0 Å². The molecule has 1 aliphatic heterocycles. The van der Waals surface area contributed by atoms with Crippen LogP contribution in [0.3, 0.4) is 0 Å². The van der Waals surface area contributed by atoms with Gasteiger partial charge in [-0.15, -0.1) is 0 Å². The predicted octanol–water partition coefficient (Wildman–Crippen LogP) is 2.27. The second-order valence-corrected chi connectivity index (χ2v) is 10.9. The minimum Gasteiger partial charge on any atom is -0.343 e. The number of amides is 2. The third-order valence-corrected chi connectivity index (χ3v) is 7.98. The SMILES string of the molecule is N[C@H]1CS(=O)(=O)c2ccc(C(=O)NC3CC3(F)F)cc2N(CC2=CC=C(Br)CC2)C1=O. The van der Waals surface area contributed by atoms with Gasteiger partial charge in [-0.2, -0.15) is 0 Å². The molecule has 1 unspecified atom stereocenters. The van der Waals surface area contributed by atoms with E-state index < -0.39 is 51.8 Å². The van der Waals surface area contributed by atoms with E-state index in [9.17, 15) is 26.8 Å². The number of carbonyl (C=O) groups excluding carboxylic acids is 2. The number of fused-ring (bicyclic) bond motifs is 1. The summed E-state index contributed by atoms with van der Waals surface area (Å²) in [5, 5.41) is 2.23. The minimum atomic E-state index is -3.89. The fourth-order valence-electron chi connectivity index (χ4n) is 3.61. The Morgan fingerprint density at radius 3 is 2.61 bits per heavy atom. The van der Waals surface area contributed by atoms with Crippen LogP contribution in [0.1, 0.15) is 29.6 Å². The molecule has 1 heterocycles. The number of allylic oxidation sites excluding steroid dienone is 3. The van der Waals surface area contributed by atoms with Gasteiger partial charge in [0.2, 0.25) is 5.91 Å². The number of hydrogen-bond donors (Lipinski definition) is 2. The van der Waals surface area contributed by atoms with Gasteiger partial charge in [0.25, 0.3) is 11.8 Å². The fourth-order valence-corrected chi connectivity index (χ4v) is 5.50. The van der Waals surface area contributed by atoms with Crippen molar-refractivity contribution in [1.29, 1.82) is 0 Å². The van der Waals surface area contributed by atoms with Crippen molar-refractivity contribution in [2.45, 2.75) is 42.2 Å². The number of sulfone groups is 1. The zero-order valence-corrected chi connectivity index (χ0v) is 18.7. The van der Waals surface area contributed by atoms with E-state index in [2.05, 4.69) is 21.2 Å². The third-order valence-electron chi connectivity index (χ3n) is 5.51. The highest BCUT2D eigenvalue weighted by Crippen LogP contribution is 2.42. The van der Waals surface area contributed by atoms with Crippen molar-refractivity contribution in [3.8, 4) is 0 Å². The molecule has 1 fully saturated rings. The molecule has 2 atom stereocenters. The molecule has 2 amide bonds. The summed E-state index contributed by atoms with van der Waals surface area (Å²) in [6.07, 6.45) is 4.67. The summed E-state index contributed by atoms with van der Waals surface area (Å²) in [6.45, 7) is 0.109. The smallest absolute Gasteiger partial charge is 0.270 e. The summed E-state index contributed by atoms with van der Waals surface area (Å²) in [4.78, 5) is 26.6. The Labute approximate surface area is 186 Å². The molecular weight excluding hydrogens is 496 g/mol. The topological polar surface area (TPSA) is 110 Å². The van der Waals surface area contributed by atoms with Crippen molar-refractivity contribution >= 4 is 43.3 Å².